The van der Waals surface area contributed by atoms with Crippen LogP contribution < -0.4 is 10.5 Å². The molecule has 0 saturated heterocycles. The topological polar surface area (TPSA) is 76.1 Å². The minimum atomic E-state index is -1.07. The molecule has 2 N–H and O–H groups in total. The number of nitrogens with zero attached hydrogens (tertiary/aromatic N) is 1. The zero-order valence-electron chi connectivity index (χ0n) is 9.32. The molecule has 4 nitrogen and oxygen atoms in total. The lowest BCUT2D eigenvalue weighted by atomic mass is 10.0. The lowest BCUT2D eigenvalue weighted by molar-refractivity contribution is -0.122. The van der Waals surface area contributed by atoms with Crippen LogP contribution in [0, 0.1) is 17.2 Å². The molecule has 0 saturated carbocycles. The molecule has 18 heavy (non-hydrogen) atoms. The largest absolute Gasteiger partial charge is 0.484 e. The van der Waals surface area contributed by atoms with Gasteiger partial charge in [-0.2, -0.15) is 5.26 Å². The molecule has 0 aliphatic carbocycles. The predicted molar refractivity (Wildman–Crippen MR) is 69.4 cm³/mol. The normalized spacial score (nSPS) is 11.4. The quantitative estimate of drug-likeness (QED) is 0.902. The number of rotatable bonds is 5. The van der Waals surface area contributed by atoms with Crippen LogP contribution in [0.25, 0.3) is 0 Å². The van der Waals surface area contributed by atoms with E-state index in [4.69, 9.17) is 38.9 Å². The molecule has 0 aliphatic heterocycles. The first-order valence-electron chi connectivity index (χ1n) is 4.90. The van der Waals surface area contributed by atoms with Crippen molar-refractivity contribution >= 4 is 29.0 Å². The zero-order valence-corrected chi connectivity index (χ0v) is 10.8. The van der Waals surface area contributed by atoms with Crippen LogP contribution >= 0.6 is 23.2 Å². The van der Waals surface area contributed by atoms with Crippen LogP contribution in [0.15, 0.2) is 30.5 Å². The number of nitriles is 1. The van der Waals surface area contributed by atoms with Gasteiger partial charge in [0.05, 0.1) is 11.1 Å². The van der Waals surface area contributed by atoms with Gasteiger partial charge in [0.2, 0.25) is 0 Å². The highest BCUT2D eigenvalue weighted by molar-refractivity contribution is 6.35. The third-order valence-electron chi connectivity index (χ3n) is 2.09. The monoisotopic (exact) mass is 284 g/mol. The lowest BCUT2D eigenvalue weighted by Gasteiger charge is -2.10. The fourth-order valence-electron chi connectivity index (χ4n) is 1.19. The summed E-state index contributed by atoms with van der Waals surface area (Å²) >= 11 is 11.6. The second-order valence-electron chi connectivity index (χ2n) is 3.47. The van der Waals surface area contributed by atoms with E-state index in [0.717, 1.165) is 0 Å². The standard InChI is InChI=1S/C12H10Cl2N2O2/c1-7(16)9(5-15)11(17)6-18-12-3-2-8(13)4-10(12)14/h2-4,9H,1,6,16H2/t9-/m1/s1. The van der Waals surface area contributed by atoms with E-state index in [1.54, 1.807) is 12.1 Å². The molecule has 1 aromatic carbocycles. The SMILES string of the molecule is C=C(N)[C@@H](C#N)C(=O)COc1ccc(Cl)cc1Cl. The van der Waals surface area contributed by atoms with E-state index in [1.165, 1.54) is 12.1 Å². The Balaban J connectivity index is 2.68. The maximum absolute atomic E-state index is 11.6. The fraction of sp³-hybridized carbons (Fsp3) is 0.167. The van der Waals surface area contributed by atoms with Crippen molar-refractivity contribution < 1.29 is 9.53 Å². The van der Waals surface area contributed by atoms with Gasteiger partial charge in [-0.1, -0.05) is 29.8 Å². The van der Waals surface area contributed by atoms with E-state index in [2.05, 4.69) is 6.58 Å². The summed E-state index contributed by atoms with van der Waals surface area (Å²) < 4.78 is 5.20. The lowest BCUT2D eigenvalue weighted by Crippen LogP contribution is -2.24. The van der Waals surface area contributed by atoms with Crippen molar-refractivity contribution in [1.29, 1.82) is 5.26 Å². The Hall–Kier alpha value is -1.70. The summed E-state index contributed by atoms with van der Waals surface area (Å²) in [6, 6.07) is 6.36. The van der Waals surface area contributed by atoms with Crippen LogP contribution in [0.4, 0.5) is 0 Å². The van der Waals surface area contributed by atoms with E-state index in [-0.39, 0.29) is 17.3 Å². The molecule has 6 heteroatoms. The number of carbonyl (C=O) groups is 1. The van der Waals surface area contributed by atoms with Crippen molar-refractivity contribution in [2.75, 3.05) is 6.61 Å². The third-order valence-corrected chi connectivity index (χ3v) is 2.62. The highest BCUT2D eigenvalue weighted by Crippen LogP contribution is 2.27. The van der Waals surface area contributed by atoms with Gasteiger partial charge < -0.3 is 10.5 Å². The van der Waals surface area contributed by atoms with E-state index >= 15 is 0 Å². The number of allylic oxidation sites excluding steroid dienone is 1. The van der Waals surface area contributed by atoms with Crippen molar-refractivity contribution in [3.05, 3.63) is 40.5 Å². The molecule has 0 aliphatic rings. The van der Waals surface area contributed by atoms with Crippen LogP contribution in [0.5, 0.6) is 5.75 Å². The average Bonchev–Trinajstić information content (AvgIpc) is 2.28. The minimum absolute atomic E-state index is 0.00620. The number of benzene rings is 1. The highest BCUT2D eigenvalue weighted by atomic mass is 35.5. The Kier molecular flexibility index (Phi) is 5.02. The molecule has 94 valence electrons. The Bertz CT molecular complexity index is 523. The van der Waals surface area contributed by atoms with Crippen LogP contribution in [0.2, 0.25) is 10.0 Å². The molecule has 0 amide bonds. The number of ketones is 1. The van der Waals surface area contributed by atoms with Crippen molar-refractivity contribution in [2.45, 2.75) is 0 Å². The smallest absolute Gasteiger partial charge is 0.193 e. The summed E-state index contributed by atoms with van der Waals surface area (Å²) in [5, 5.41) is 9.49. The molecule has 0 radical (unpaired) electrons. The van der Waals surface area contributed by atoms with Gasteiger partial charge in [0.15, 0.2) is 5.78 Å². The summed E-state index contributed by atoms with van der Waals surface area (Å²) in [6.07, 6.45) is 0. The molecule has 0 fully saturated rings. The summed E-state index contributed by atoms with van der Waals surface area (Å²) in [5.41, 5.74) is 5.32. The van der Waals surface area contributed by atoms with Gasteiger partial charge in [-0.3, -0.25) is 4.79 Å². The Morgan fingerprint density at radius 2 is 2.22 bits per heavy atom. The first kappa shape index (κ1) is 14.4. The van der Waals surface area contributed by atoms with Crippen molar-refractivity contribution in [2.24, 2.45) is 11.7 Å². The molecular formula is C12H10Cl2N2O2. The highest BCUT2D eigenvalue weighted by Gasteiger charge is 2.20. The van der Waals surface area contributed by atoms with E-state index in [1.807, 2.05) is 0 Å². The second-order valence-corrected chi connectivity index (χ2v) is 4.31. The maximum atomic E-state index is 11.6. The number of hydrogen-bond donors (Lipinski definition) is 1. The molecule has 0 aromatic heterocycles. The van der Waals surface area contributed by atoms with Crippen molar-refractivity contribution in [3.63, 3.8) is 0 Å². The molecular weight excluding hydrogens is 275 g/mol. The summed E-state index contributed by atoms with van der Waals surface area (Å²) in [6.45, 7) is 3.06. The minimum Gasteiger partial charge on any atom is -0.484 e. The van der Waals surface area contributed by atoms with E-state index in [9.17, 15) is 4.79 Å². The van der Waals surface area contributed by atoms with Gasteiger partial charge in [-0.15, -0.1) is 0 Å². The average molecular weight is 285 g/mol. The van der Waals surface area contributed by atoms with Crippen LogP contribution in [0.1, 0.15) is 0 Å². The van der Waals surface area contributed by atoms with Crippen molar-refractivity contribution in [1.82, 2.24) is 0 Å². The van der Waals surface area contributed by atoms with Crippen LogP contribution in [0.3, 0.4) is 0 Å². The summed E-state index contributed by atoms with van der Waals surface area (Å²) in [4.78, 5) is 11.6. The molecule has 0 bridgehead atoms. The maximum Gasteiger partial charge on any atom is 0.193 e. The fourth-order valence-corrected chi connectivity index (χ4v) is 1.65. The molecule has 1 rings (SSSR count). The first-order chi connectivity index (χ1) is 8.45. The zero-order chi connectivity index (χ0) is 13.7. The van der Waals surface area contributed by atoms with E-state index in [0.29, 0.717) is 10.8 Å². The van der Waals surface area contributed by atoms with Crippen LogP contribution in [-0.2, 0) is 4.79 Å². The summed E-state index contributed by atoms with van der Waals surface area (Å²) in [7, 11) is 0. The van der Waals surface area contributed by atoms with Gasteiger partial charge >= 0.3 is 0 Å². The Morgan fingerprint density at radius 3 is 2.72 bits per heavy atom. The Morgan fingerprint density at radius 1 is 1.56 bits per heavy atom. The van der Waals surface area contributed by atoms with Gasteiger partial charge in [0.1, 0.15) is 18.3 Å². The van der Waals surface area contributed by atoms with Gasteiger partial charge in [-0.25, -0.2) is 0 Å². The number of hydrogen-bond acceptors (Lipinski definition) is 4. The number of Topliss-reactive ketones (excluding diaryl/α,β-unsaturated/α-hetero) is 1. The first-order valence-corrected chi connectivity index (χ1v) is 5.65. The van der Waals surface area contributed by atoms with E-state index < -0.39 is 11.7 Å². The molecule has 0 unspecified atom stereocenters. The molecule has 1 aromatic rings. The summed E-state index contributed by atoms with van der Waals surface area (Å²) in [5.74, 6) is -1.24. The molecule has 0 spiro atoms. The number of carbonyl (C=O) groups excluding carboxylic acids is 1. The second kappa shape index (κ2) is 6.29. The van der Waals surface area contributed by atoms with Gasteiger partial charge in [0.25, 0.3) is 0 Å². The Labute approximate surface area is 115 Å². The number of ether oxygens (including phenoxy) is 1. The van der Waals surface area contributed by atoms with Gasteiger partial charge in [-0.05, 0) is 18.2 Å². The van der Waals surface area contributed by atoms with Crippen LogP contribution in [-0.4, -0.2) is 12.4 Å². The number of nitrogens with two attached hydrogens (primary N) is 1. The predicted octanol–water partition coefficient (Wildman–Crippen LogP) is 2.55. The van der Waals surface area contributed by atoms with Gasteiger partial charge in [0, 0.05) is 10.7 Å². The number of halogens is 2. The third kappa shape index (κ3) is 3.66. The van der Waals surface area contributed by atoms with Crippen molar-refractivity contribution in [3.8, 4) is 11.8 Å². The molecule has 0 heterocycles. The molecule has 1 atom stereocenters.